The van der Waals surface area contributed by atoms with E-state index in [1.807, 2.05) is 0 Å². The quantitative estimate of drug-likeness (QED) is 0.475. The summed E-state index contributed by atoms with van der Waals surface area (Å²) >= 11 is 11.8. The number of nitro groups is 1. The average molecular weight is 343 g/mol. The normalized spacial score (nSPS) is 10.1. The topological polar surface area (TPSA) is 91.6 Å². The first-order valence-electron chi connectivity index (χ1n) is 5.78. The molecule has 0 N–H and O–H groups in total. The molecule has 2 rings (SSSR count). The monoisotopic (exact) mass is 342 g/mol. The Morgan fingerprint density at radius 1 is 1.32 bits per heavy atom. The van der Waals surface area contributed by atoms with Crippen LogP contribution >= 0.6 is 23.2 Å². The smallest absolute Gasteiger partial charge is 0.345 e. The lowest BCUT2D eigenvalue weighted by Crippen LogP contribution is -2.06. The molecule has 9 heteroatoms. The predicted molar refractivity (Wildman–Crippen MR) is 78.8 cm³/mol. The highest BCUT2D eigenvalue weighted by molar-refractivity contribution is 6.42. The molecule has 0 spiro atoms. The number of pyridine rings is 1. The van der Waals surface area contributed by atoms with Gasteiger partial charge in [0, 0.05) is 18.3 Å². The number of hydrogen-bond acceptors (Lipinski definition) is 6. The van der Waals surface area contributed by atoms with E-state index in [0.29, 0.717) is 0 Å². The first kappa shape index (κ1) is 16.0. The standard InChI is InChI=1S/C13H8Cl2N2O5/c1-21-13(18)8-6-7(2-3-10(8)17(19)20)22-12-11(15)9(14)4-5-16-12/h2-6H,1H3. The van der Waals surface area contributed by atoms with Gasteiger partial charge >= 0.3 is 5.97 Å². The van der Waals surface area contributed by atoms with Crippen LogP contribution in [0, 0.1) is 10.1 Å². The van der Waals surface area contributed by atoms with Crippen LogP contribution in [0.4, 0.5) is 5.69 Å². The lowest BCUT2D eigenvalue weighted by Gasteiger charge is -2.08. The molecule has 22 heavy (non-hydrogen) atoms. The fourth-order valence-corrected chi connectivity index (χ4v) is 1.88. The molecular formula is C13H8Cl2N2O5. The Hall–Kier alpha value is -2.38. The molecule has 0 fully saturated rings. The number of carbonyl (C=O) groups is 1. The zero-order valence-corrected chi connectivity index (χ0v) is 12.6. The Labute approximate surface area is 134 Å². The second-order valence-corrected chi connectivity index (χ2v) is 4.73. The fraction of sp³-hybridized carbons (Fsp3) is 0.0769. The van der Waals surface area contributed by atoms with Gasteiger partial charge in [-0.1, -0.05) is 23.2 Å². The zero-order valence-electron chi connectivity index (χ0n) is 11.1. The molecule has 1 aromatic carbocycles. The first-order valence-corrected chi connectivity index (χ1v) is 6.54. The van der Waals surface area contributed by atoms with Crippen molar-refractivity contribution < 1.29 is 19.2 Å². The summed E-state index contributed by atoms with van der Waals surface area (Å²) in [5.41, 5.74) is -0.646. The van der Waals surface area contributed by atoms with Gasteiger partial charge in [-0.05, 0) is 12.1 Å². The second kappa shape index (κ2) is 6.59. The predicted octanol–water partition coefficient (Wildman–Crippen LogP) is 3.88. The van der Waals surface area contributed by atoms with E-state index < -0.39 is 16.6 Å². The molecule has 0 atom stereocenters. The summed E-state index contributed by atoms with van der Waals surface area (Å²) in [5, 5.41) is 11.2. The van der Waals surface area contributed by atoms with E-state index in [4.69, 9.17) is 27.9 Å². The highest BCUT2D eigenvalue weighted by Gasteiger charge is 2.22. The minimum Gasteiger partial charge on any atom is -0.465 e. The van der Waals surface area contributed by atoms with Crippen LogP contribution in [0.5, 0.6) is 11.6 Å². The molecule has 0 aliphatic heterocycles. The third-order valence-corrected chi connectivity index (χ3v) is 3.37. The summed E-state index contributed by atoms with van der Waals surface area (Å²) in [7, 11) is 1.12. The molecule has 2 aromatic rings. The van der Waals surface area contributed by atoms with Crippen LogP contribution in [0.2, 0.25) is 10.0 Å². The van der Waals surface area contributed by atoms with Crippen molar-refractivity contribution in [1.82, 2.24) is 4.98 Å². The number of aromatic nitrogens is 1. The Morgan fingerprint density at radius 2 is 2.05 bits per heavy atom. The molecule has 0 amide bonds. The summed E-state index contributed by atoms with van der Waals surface area (Å²) in [4.78, 5) is 25.7. The van der Waals surface area contributed by atoms with E-state index in [1.165, 1.54) is 24.4 Å². The Morgan fingerprint density at radius 3 is 2.68 bits per heavy atom. The van der Waals surface area contributed by atoms with Gasteiger partial charge in [0.25, 0.3) is 5.69 Å². The van der Waals surface area contributed by atoms with Gasteiger partial charge in [-0.2, -0.15) is 0 Å². The van der Waals surface area contributed by atoms with Gasteiger partial charge in [0.1, 0.15) is 16.3 Å². The number of carbonyl (C=O) groups excluding carboxylic acids is 1. The summed E-state index contributed by atoms with van der Waals surface area (Å²) in [6, 6.07) is 5.08. The van der Waals surface area contributed by atoms with Gasteiger partial charge in [-0.25, -0.2) is 9.78 Å². The Balaban J connectivity index is 2.42. The van der Waals surface area contributed by atoms with Crippen molar-refractivity contribution in [2.24, 2.45) is 0 Å². The molecule has 0 saturated heterocycles. The van der Waals surface area contributed by atoms with Crippen LogP contribution in [0.15, 0.2) is 30.5 Å². The maximum absolute atomic E-state index is 11.6. The molecule has 0 saturated carbocycles. The summed E-state index contributed by atoms with van der Waals surface area (Å²) in [6.45, 7) is 0. The van der Waals surface area contributed by atoms with Crippen molar-refractivity contribution in [3.63, 3.8) is 0 Å². The van der Waals surface area contributed by atoms with Crippen molar-refractivity contribution in [2.45, 2.75) is 0 Å². The molecular weight excluding hydrogens is 335 g/mol. The van der Waals surface area contributed by atoms with Crippen LogP contribution in [0.3, 0.4) is 0 Å². The minimum atomic E-state index is -0.859. The van der Waals surface area contributed by atoms with Crippen molar-refractivity contribution in [2.75, 3.05) is 7.11 Å². The highest BCUT2D eigenvalue weighted by atomic mass is 35.5. The van der Waals surface area contributed by atoms with Crippen LogP contribution in [-0.2, 0) is 4.74 Å². The van der Waals surface area contributed by atoms with E-state index in [0.717, 1.165) is 13.2 Å². The summed E-state index contributed by atoms with van der Waals surface area (Å²) < 4.78 is 9.92. The third-order valence-electron chi connectivity index (χ3n) is 2.59. The molecule has 0 bridgehead atoms. The number of hydrogen-bond donors (Lipinski definition) is 0. The summed E-state index contributed by atoms with van der Waals surface area (Å²) in [6.07, 6.45) is 1.39. The lowest BCUT2D eigenvalue weighted by molar-refractivity contribution is -0.385. The molecule has 7 nitrogen and oxygen atoms in total. The number of methoxy groups -OCH3 is 1. The number of nitro benzene ring substituents is 1. The molecule has 0 aliphatic carbocycles. The second-order valence-electron chi connectivity index (χ2n) is 3.94. The van der Waals surface area contributed by atoms with E-state index in [-0.39, 0.29) is 27.2 Å². The van der Waals surface area contributed by atoms with Gasteiger partial charge < -0.3 is 9.47 Å². The van der Waals surface area contributed by atoms with Gasteiger partial charge in [-0.3, -0.25) is 10.1 Å². The van der Waals surface area contributed by atoms with Crippen molar-refractivity contribution in [1.29, 1.82) is 0 Å². The van der Waals surface area contributed by atoms with Crippen LogP contribution in [0.25, 0.3) is 0 Å². The largest absolute Gasteiger partial charge is 0.465 e. The number of halogens is 2. The fourth-order valence-electron chi connectivity index (χ4n) is 1.60. The zero-order chi connectivity index (χ0) is 16.3. The molecule has 0 aliphatic rings. The Bertz CT molecular complexity index is 751. The van der Waals surface area contributed by atoms with E-state index in [1.54, 1.807) is 0 Å². The van der Waals surface area contributed by atoms with Crippen LogP contribution in [0.1, 0.15) is 10.4 Å². The van der Waals surface area contributed by atoms with Crippen LogP contribution in [-0.4, -0.2) is 23.0 Å². The van der Waals surface area contributed by atoms with Crippen molar-refractivity contribution in [3.05, 3.63) is 56.2 Å². The number of rotatable bonds is 4. The molecule has 1 heterocycles. The number of nitrogens with zero attached hydrogens (tertiary/aromatic N) is 2. The molecule has 0 radical (unpaired) electrons. The number of esters is 1. The average Bonchev–Trinajstić information content (AvgIpc) is 2.50. The van der Waals surface area contributed by atoms with Crippen molar-refractivity contribution in [3.8, 4) is 11.6 Å². The minimum absolute atomic E-state index is 0.0128. The molecule has 0 unspecified atom stereocenters. The van der Waals surface area contributed by atoms with E-state index in [2.05, 4.69) is 9.72 Å². The van der Waals surface area contributed by atoms with Crippen LogP contribution < -0.4 is 4.74 Å². The molecule has 1 aromatic heterocycles. The maximum atomic E-state index is 11.6. The van der Waals surface area contributed by atoms with Gasteiger partial charge in [0.05, 0.1) is 17.1 Å². The maximum Gasteiger partial charge on any atom is 0.345 e. The highest BCUT2D eigenvalue weighted by Crippen LogP contribution is 2.34. The van der Waals surface area contributed by atoms with Gasteiger partial charge in [0.15, 0.2) is 0 Å². The first-order chi connectivity index (χ1) is 10.4. The lowest BCUT2D eigenvalue weighted by atomic mass is 10.1. The third kappa shape index (κ3) is 3.26. The van der Waals surface area contributed by atoms with Gasteiger partial charge in [0.2, 0.25) is 5.88 Å². The van der Waals surface area contributed by atoms with E-state index >= 15 is 0 Å². The van der Waals surface area contributed by atoms with Gasteiger partial charge in [-0.15, -0.1) is 0 Å². The Kier molecular flexibility index (Phi) is 4.79. The number of benzene rings is 1. The van der Waals surface area contributed by atoms with E-state index in [9.17, 15) is 14.9 Å². The van der Waals surface area contributed by atoms with Crippen molar-refractivity contribution >= 4 is 34.9 Å². The number of ether oxygens (including phenoxy) is 2. The SMILES string of the molecule is COC(=O)c1cc(Oc2nccc(Cl)c2Cl)ccc1[N+](=O)[O-]. The summed E-state index contributed by atoms with van der Waals surface area (Å²) in [5.74, 6) is -0.719. The molecule has 114 valence electrons.